The topological polar surface area (TPSA) is 112 Å². The minimum Gasteiger partial charge on any atom is -0.366 e. The van der Waals surface area contributed by atoms with E-state index in [4.69, 9.17) is 0 Å². The largest absolute Gasteiger partial charge is 0.366 e. The van der Waals surface area contributed by atoms with E-state index in [2.05, 4.69) is 32.1 Å². The molecule has 2 aromatic carbocycles. The Kier molecular flexibility index (Phi) is 7.89. The zero-order valence-electron chi connectivity index (χ0n) is 22.1. The van der Waals surface area contributed by atoms with Crippen LogP contribution in [0.4, 0.5) is 5.82 Å². The second-order valence-electron chi connectivity index (χ2n) is 9.73. The number of hydrogen-bond donors (Lipinski definition) is 1. The maximum absolute atomic E-state index is 13.2. The number of benzene rings is 2. The Morgan fingerprint density at radius 1 is 1.03 bits per heavy atom. The third kappa shape index (κ3) is 5.78. The van der Waals surface area contributed by atoms with E-state index >= 15 is 0 Å². The Morgan fingerprint density at radius 3 is 2.49 bits per heavy atom. The number of para-hydroxylation sites is 1. The van der Waals surface area contributed by atoms with Crippen molar-refractivity contribution in [1.82, 2.24) is 29.1 Å². The maximum atomic E-state index is 13.2. The van der Waals surface area contributed by atoms with Crippen LogP contribution in [-0.4, -0.2) is 96.2 Å². The molecule has 1 N–H and O–H groups in total. The Hall–Kier alpha value is -3.45. The summed E-state index contributed by atoms with van der Waals surface area (Å²) in [5.74, 6) is 0.556. The van der Waals surface area contributed by atoms with Crippen LogP contribution in [0.3, 0.4) is 0 Å². The second-order valence-corrected chi connectivity index (χ2v) is 12.9. The third-order valence-electron chi connectivity index (χ3n) is 6.65. The molecule has 204 valence electrons. The number of anilines is 1. The predicted octanol–water partition coefficient (Wildman–Crippen LogP) is 3.26. The lowest BCUT2D eigenvalue weighted by molar-refractivity contribution is 0.0829. The van der Waals surface area contributed by atoms with Gasteiger partial charge >= 0.3 is 0 Å². The van der Waals surface area contributed by atoms with Crippen molar-refractivity contribution < 1.29 is 13.2 Å². The van der Waals surface area contributed by atoms with Crippen molar-refractivity contribution in [2.24, 2.45) is 0 Å². The first-order chi connectivity index (χ1) is 18.7. The number of carbonyl (C=O) groups excluding carboxylic acids is 1. The normalized spacial score (nSPS) is 15.8. The standard InChI is InChI=1S/C27H31N7O3S2/c1-19(31-25-21-10-7-11-22(26(35)32(2)3)24(21)29-18-30-25)17-33-12-14-34(15-13-33)39(36,37)27-28-16-23(38-27)20-8-5-4-6-9-20/h4-11,16,18-19H,12-15,17H2,1-3H3,(H,29,30,31)/t19-/m0/s1. The molecule has 1 aliphatic heterocycles. The molecule has 0 saturated carbocycles. The molecule has 1 atom stereocenters. The van der Waals surface area contributed by atoms with Crippen molar-refractivity contribution in [2.45, 2.75) is 17.3 Å². The van der Waals surface area contributed by atoms with Gasteiger partial charge in [-0.05, 0) is 24.6 Å². The number of fused-ring (bicyclic) bond motifs is 1. The minimum atomic E-state index is -3.64. The van der Waals surface area contributed by atoms with E-state index < -0.39 is 10.0 Å². The Bertz CT molecular complexity index is 1570. The lowest BCUT2D eigenvalue weighted by Crippen LogP contribution is -2.50. The lowest BCUT2D eigenvalue weighted by atomic mass is 10.1. The van der Waals surface area contributed by atoms with Crippen molar-refractivity contribution in [2.75, 3.05) is 52.1 Å². The third-order valence-corrected chi connectivity index (χ3v) is 9.97. The second kappa shape index (κ2) is 11.3. The highest BCUT2D eigenvalue weighted by atomic mass is 32.2. The molecule has 3 heterocycles. The molecule has 0 bridgehead atoms. The van der Waals surface area contributed by atoms with Crippen molar-refractivity contribution in [3.05, 3.63) is 66.6 Å². The van der Waals surface area contributed by atoms with Gasteiger partial charge in [0.2, 0.25) is 4.34 Å². The van der Waals surface area contributed by atoms with Gasteiger partial charge in [0, 0.05) is 64.4 Å². The summed E-state index contributed by atoms with van der Waals surface area (Å²) in [5.41, 5.74) is 2.10. The Morgan fingerprint density at radius 2 is 1.77 bits per heavy atom. The monoisotopic (exact) mass is 565 g/mol. The highest BCUT2D eigenvalue weighted by Gasteiger charge is 2.31. The molecule has 1 saturated heterocycles. The van der Waals surface area contributed by atoms with Gasteiger partial charge in [0.1, 0.15) is 12.1 Å². The van der Waals surface area contributed by atoms with E-state index in [1.807, 2.05) is 42.5 Å². The molecule has 0 spiro atoms. The summed E-state index contributed by atoms with van der Waals surface area (Å²) in [5, 5.41) is 4.24. The molecule has 0 unspecified atom stereocenters. The molecule has 1 amide bonds. The average molecular weight is 566 g/mol. The first-order valence-electron chi connectivity index (χ1n) is 12.7. The summed E-state index contributed by atoms with van der Waals surface area (Å²) in [7, 11) is -0.209. The number of aromatic nitrogens is 3. The number of rotatable bonds is 8. The van der Waals surface area contributed by atoms with Crippen LogP contribution in [0.5, 0.6) is 0 Å². The van der Waals surface area contributed by atoms with Gasteiger partial charge in [-0.3, -0.25) is 9.69 Å². The Balaban J connectivity index is 1.21. The molecule has 4 aromatic rings. The van der Waals surface area contributed by atoms with Crippen LogP contribution < -0.4 is 5.32 Å². The number of nitrogens with one attached hydrogen (secondary N) is 1. The van der Waals surface area contributed by atoms with Gasteiger partial charge in [0.05, 0.1) is 16.0 Å². The number of amides is 1. The average Bonchev–Trinajstić information content (AvgIpc) is 3.45. The number of carbonyl (C=O) groups is 1. The molecule has 5 rings (SSSR count). The highest BCUT2D eigenvalue weighted by Crippen LogP contribution is 2.30. The van der Waals surface area contributed by atoms with Gasteiger partial charge in [-0.25, -0.2) is 23.4 Å². The van der Waals surface area contributed by atoms with E-state index in [1.54, 1.807) is 26.4 Å². The minimum absolute atomic E-state index is 0.0341. The van der Waals surface area contributed by atoms with Crippen LogP contribution in [0.1, 0.15) is 17.3 Å². The van der Waals surface area contributed by atoms with E-state index in [9.17, 15) is 13.2 Å². The van der Waals surface area contributed by atoms with Crippen molar-refractivity contribution >= 4 is 44.0 Å². The van der Waals surface area contributed by atoms with Gasteiger partial charge in [0.15, 0.2) is 0 Å². The van der Waals surface area contributed by atoms with Gasteiger partial charge in [-0.15, -0.1) is 11.3 Å². The van der Waals surface area contributed by atoms with Gasteiger partial charge in [-0.2, -0.15) is 4.31 Å². The van der Waals surface area contributed by atoms with E-state index in [-0.39, 0.29) is 16.3 Å². The van der Waals surface area contributed by atoms with Gasteiger partial charge in [0.25, 0.3) is 15.9 Å². The number of sulfonamides is 1. The number of thiazole rings is 1. The molecule has 12 heteroatoms. The fourth-order valence-electron chi connectivity index (χ4n) is 4.66. The summed E-state index contributed by atoms with van der Waals surface area (Å²) in [6, 6.07) is 15.2. The van der Waals surface area contributed by atoms with Crippen molar-refractivity contribution in [3.8, 4) is 10.4 Å². The zero-order valence-corrected chi connectivity index (χ0v) is 23.7. The Labute approximate surface area is 232 Å². The number of nitrogens with zero attached hydrogens (tertiary/aromatic N) is 6. The van der Waals surface area contributed by atoms with Gasteiger partial charge < -0.3 is 10.2 Å². The predicted molar refractivity (Wildman–Crippen MR) is 153 cm³/mol. The summed E-state index contributed by atoms with van der Waals surface area (Å²) in [6.07, 6.45) is 3.10. The van der Waals surface area contributed by atoms with Crippen molar-refractivity contribution in [1.29, 1.82) is 0 Å². The first-order valence-corrected chi connectivity index (χ1v) is 15.0. The maximum Gasteiger partial charge on any atom is 0.270 e. The smallest absolute Gasteiger partial charge is 0.270 e. The lowest BCUT2D eigenvalue weighted by Gasteiger charge is -2.35. The van der Waals surface area contributed by atoms with E-state index in [1.165, 1.54) is 26.9 Å². The molecule has 2 aromatic heterocycles. The van der Waals surface area contributed by atoms with E-state index in [0.29, 0.717) is 49.6 Å². The highest BCUT2D eigenvalue weighted by molar-refractivity contribution is 7.91. The van der Waals surface area contributed by atoms with Crippen LogP contribution >= 0.6 is 11.3 Å². The van der Waals surface area contributed by atoms with Crippen molar-refractivity contribution in [3.63, 3.8) is 0 Å². The summed E-state index contributed by atoms with van der Waals surface area (Å²) in [6.45, 7) is 4.82. The number of hydrogen-bond acceptors (Lipinski definition) is 9. The molecule has 10 nitrogen and oxygen atoms in total. The molecule has 1 fully saturated rings. The summed E-state index contributed by atoms with van der Waals surface area (Å²) in [4.78, 5) is 30.2. The molecule has 0 radical (unpaired) electrons. The summed E-state index contributed by atoms with van der Waals surface area (Å²) >= 11 is 1.20. The van der Waals surface area contributed by atoms with E-state index in [0.717, 1.165) is 15.8 Å². The molecular formula is C27H31N7O3S2. The van der Waals surface area contributed by atoms with Gasteiger partial charge in [-0.1, -0.05) is 36.4 Å². The van der Waals surface area contributed by atoms with Crippen LogP contribution in [0.2, 0.25) is 0 Å². The van der Waals surface area contributed by atoms with Crippen LogP contribution in [0, 0.1) is 0 Å². The quantitative estimate of drug-likeness (QED) is 0.347. The molecular weight excluding hydrogens is 534 g/mol. The molecule has 39 heavy (non-hydrogen) atoms. The number of piperazine rings is 1. The zero-order chi connectivity index (χ0) is 27.6. The van der Waals surface area contributed by atoms with Crippen LogP contribution in [0.25, 0.3) is 21.3 Å². The van der Waals surface area contributed by atoms with Crippen LogP contribution in [-0.2, 0) is 10.0 Å². The first kappa shape index (κ1) is 27.1. The van der Waals surface area contributed by atoms with Crippen LogP contribution in [0.15, 0.2) is 65.4 Å². The molecule has 1 aliphatic rings. The fraction of sp³-hybridized carbons (Fsp3) is 0.333. The summed E-state index contributed by atoms with van der Waals surface area (Å²) < 4.78 is 28.1. The molecule has 0 aliphatic carbocycles. The SMILES string of the molecule is C[C@@H](CN1CCN(S(=O)(=O)c2ncc(-c3ccccc3)s2)CC1)Nc1ncnc2c(C(=O)N(C)C)cccc12. The fourth-order valence-corrected chi connectivity index (χ4v) is 7.37.